The van der Waals surface area contributed by atoms with Crippen LogP contribution in [0.15, 0.2) is 76.9 Å². The number of ether oxygens (including phenoxy) is 1. The number of carbonyl (C=O) groups excluding carboxylic acids is 1. The normalized spacial score (nSPS) is 10.9. The molecule has 4 aromatic rings. The summed E-state index contributed by atoms with van der Waals surface area (Å²) in [4.78, 5) is 25.0. The second-order valence-electron chi connectivity index (χ2n) is 6.63. The van der Waals surface area contributed by atoms with Crippen molar-refractivity contribution in [2.45, 2.75) is 18.6 Å². The van der Waals surface area contributed by atoms with Crippen LogP contribution >= 0.6 is 11.8 Å². The van der Waals surface area contributed by atoms with Gasteiger partial charge in [-0.1, -0.05) is 42.1 Å². The second-order valence-corrected chi connectivity index (χ2v) is 7.57. The van der Waals surface area contributed by atoms with Gasteiger partial charge in [-0.05, 0) is 36.8 Å². The molecule has 0 aliphatic carbocycles. The van der Waals surface area contributed by atoms with E-state index in [4.69, 9.17) is 4.74 Å². The predicted octanol–water partition coefficient (Wildman–Crippen LogP) is 2.69. The lowest BCUT2D eigenvalue weighted by Crippen LogP contribution is -2.24. The zero-order chi connectivity index (χ0) is 21.6. The summed E-state index contributed by atoms with van der Waals surface area (Å²) in [6, 6.07) is 16.9. The minimum absolute atomic E-state index is 0.117. The van der Waals surface area contributed by atoms with Crippen LogP contribution in [0.2, 0.25) is 0 Å². The average Bonchev–Trinajstić information content (AvgIpc) is 3.22. The van der Waals surface area contributed by atoms with Crippen molar-refractivity contribution >= 4 is 23.3 Å². The van der Waals surface area contributed by atoms with Gasteiger partial charge >= 0.3 is 5.56 Å². The molecule has 2 heterocycles. The molecule has 1 N–H and O–H groups in total. The number of aromatic nitrogens is 4. The molecule has 0 spiro atoms. The van der Waals surface area contributed by atoms with E-state index in [2.05, 4.69) is 15.5 Å². The molecule has 0 fully saturated rings. The minimum atomic E-state index is -0.292. The van der Waals surface area contributed by atoms with Crippen LogP contribution in [-0.4, -0.2) is 37.4 Å². The van der Waals surface area contributed by atoms with Crippen molar-refractivity contribution in [1.82, 2.24) is 24.5 Å². The molecule has 4 rings (SSSR count). The summed E-state index contributed by atoms with van der Waals surface area (Å²) in [5.41, 5.74) is 1.64. The first-order chi connectivity index (χ1) is 15.2. The van der Waals surface area contributed by atoms with Crippen LogP contribution in [0.3, 0.4) is 0 Å². The summed E-state index contributed by atoms with van der Waals surface area (Å²) in [7, 11) is 0. The highest BCUT2D eigenvalue weighted by Crippen LogP contribution is 2.17. The Balaban J connectivity index is 1.45. The molecule has 0 bridgehead atoms. The largest absolute Gasteiger partial charge is 0.494 e. The number of amides is 1. The molecule has 0 radical (unpaired) electrons. The van der Waals surface area contributed by atoms with Crippen molar-refractivity contribution in [3.05, 3.63) is 82.9 Å². The topological polar surface area (TPSA) is 90.5 Å². The van der Waals surface area contributed by atoms with E-state index in [1.54, 1.807) is 16.8 Å². The Morgan fingerprint density at radius 3 is 2.58 bits per heavy atom. The van der Waals surface area contributed by atoms with Crippen molar-refractivity contribution in [3.63, 3.8) is 0 Å². The average molecular weight is 436 g/mol. The van der Waals surface area contributed by atoms with Gasteiger partial charge in [0, 0.05) is 24.6 Å². The lowest BCUT2D eigenvalue weighted by Gasteiger charge is -2.08. The number of rotatable bonds is 8. The molecule has 2 aromatic carbocycles. The molecule has 0 saturated heterocycles. The van der Waals surface area contributed by atoms with E-state index < -0.39 is 0 Å². The zero-order valence-electron chi connectivity index (χ0n) is 16.9. The molecule has 0 aliphatic heterocycles. The van der Waals surface area contributed by atoms with Crippen molar-refractivity contribution in [2.75, 3.05) is 12.4 Å². The molecule has 9 heteroatoms. The van der Waals surface area contributed by atoms with Gasteiger partial charge in [0.25, 0.3) is 0 Å². The number of hydrogen-bond donors (Lipinski definition) is 1. The summed E-state index contributed by atoms with van der Waals surface area (Å²) < 4.78 is 8.54. The second kappa shape index (κ2) is 9.48. The zero-order valence-corrected chi connectivity index (χ0v) is 17.7. The smallest absolute Gasteiger partial charge is 0.300 e. The van der Waals surface area contributed by atoms with Gasteiger partial charge in [-0.25, -0.2) is 0 Å². The molecule has 0 unspecified atom stereocenters. The summed E-state index contributed by atoms with van der Waals surface area (Å²) in [5.74, 6) is 0.802. The third-order valence-electron chi connectivity index (χ3n) is 4.53. The summed E-state index contributed by atoms with van der Waals surface area (Å²) in [5, 5.41) is 11.5. The molecule has 1 amide bonds. The van der Waals surface area contributed by atoms with Gasteiger partial charge < -0.3 is 10.1 Å². The maximum Gasteiger partial charge on any atom is 0.300 e. The van der Waals surface area contributed by atoms with Crippen molar-refractivity contribution in [2.24, 2.45) is 0 Å². The minimum Gasteiger partial charge on any atom is -0.494 e. The third kappa shape index (κ3) is 4.77. The van der Waals surface area contributed by atoms with Crippen molar-refractivity contribution in [3.8, 4) is 11.4 Å². The predicted molar refractivity (Wildman–Crippen MR) is 119 cm³/mol. The Morgan fingerprint density at radius 1 is 1.06 bits per heavy atom. The van der Waals surface area contributed by atoms with Crippen LogP contribution in [0.4, 0.5) is 0 Å². The Morgan fingerprint density at radius 2 is 1.84 bits per heavy atom. The number of fused-ring (bicyclic) bond motifs is 1. The molecule has 0 saturated carbocycles. The number of hydrogen-bond acceptors (Lipinski definition) is 6. The van der Waals surface area contributed by atoms with E-state index in [0.29, 0.717) is 24.0 Å². The van der Waals surface area contributed by atoms with Crippen LogP contribution in [0.1, 0.15) is 12.5 Å². The fourth-order valence-corrected chi connectivity index (χ4v) is 3.76. The van der Waals surface area contributed by atoms with Gasteiger partial charge in [0.1, 0.15) is 5.75 Å². The highest BCUT2D eigenvalue weighted by atomic mass is 32.2. The van der Waals surface area contributed by atoms with Crippen LogP contribution < -0.4 is 15.6 Å². The van der Waals surface area contributed by atoms with Crippen molar-refractivity contribution < 1.29 is 9.53 Å². The van der Waals surface area contributed by atoms with Crippen molar-refractivity contribution in [1.29, 1.82) is 0 Å². The Kier molecular flexibility index (Phi) is 6.32. The van der Waals surface area contributed by atoms with E-state index in [1.807, 2.05) is 61.5 Å². The fourth-order valence-electron chi connectivity index (χ4n) is 3.02. The van der Waals surface area contributed by atoms with E-state index in [1.165, 1.54) is 16.3 Å². The van der Waals surface area contributed by atoms with E-state index in [-0.39, 0.29) is 22.9 Å². The van der Waals surface area contributed by atoms with Gasteiger partial charge in [0.05, 0.1) is 12.4 Å². The summed E-state index contributed by atoms with van der Waals surface area (Å²) in [6.45, 7) is 2.96. The van der Waals surface area contributed by atoms with Crippen LogP contribution in [0.5, 0.6) is 5.75 Å². The molecule has 0 atom stereocenters. The quantitative estimate of drug-likeness (QED) is 0.428. The molecular weight excluding hydrogens is 414 g/mol. The lowest BCUT2D eigenvalue weighted by atomic mass is 10.2. The van der Waals surface area contributed by atoms with E-state index >= 15 is 0 Å². The maximum absolute atomic E-state index is 12.9. The lowest BCUT2D eigenvalue weighted by molar-refractivity contribution is -0.118. The third-order valence-corrected chi connectivity index (χ3v) is 5.47. The highest BCUT2D eigenvalue weighted by Gasteiger charge is 2.13. The van der Waals surface area contributed by atoms with Gasteiger partial charge in [-0.3, -0.25) is 18.6 Å². The Hall–Kier alpha value is -3.59. The molecule has 2 aromatic heterocycles. The number of thioether (sulfide) groups is 1. The summed E-state index contributed by atoms with van der Waals surface area (Å²) >= 11 is 1.23. The Labute approximate surface area is 182 Å². The molecule has 158 valence electrons. The van der Waals surface area contributed by atoms with E-state index in [0.717, 1.165) is 11.3 Å². The first kappa shape index (κ1) is 20.7. The number of nitrogens with zero attached hydrogens (tertiary/aromatic N) is 4. The first-order valence-electron chi connectivity index (χ1n) is 9.79. The highest BCUT2D eigenvalue weighted by molar-refractivity contribution is 7.99. The molecule has 31 heavy (non-hydrogen) atoms. The van der Waals surface area contributed by atoms with Gasteiger partial charge in [-0.2, -0.15) is 0 Å². The van der Waals surface area contributed by atoms with E-state index in [9.17, 15) is 9.59 Å². The monoisotopic (exact) mass is 435 g/mol. The molecule has 8 nitrogen and oxygen atoms in total. The fraction of sp³-hybridized carbons (Fsp3) is 0.182. The van der Waals surface area contributed by atoms with Crippen LogP contribution in [0.25, 0.3) is 11.3 Å². The van der Waals surface area contributed by atoms with Gasteiger partial charge in [0.15, 0.2) is 5.16 Å². The molecular formula is C22H21N5O3S. The number of carbonyl (C=O) groups is 1. The molecule has 0 aliphatic rings. The van der Waals surface area contributed by atoms with Crippen LogP contribution in [0, 0.1) is 0 Å². The maximum atomic E-state index is 12.9. The number of nitrogens with one attached hydrogen (secondary N) is 1. The standard InChI is InChI=1S/C22H21N5O3S/c1-2-30-18-10-8-17(9-11-18)26-12-13-27-20(21(26)29)24-25-22(27)31-15-19(28)23-14-16-6-4-3-5-7-16/h3-13H,2,14-15H2,1H3,(H,23,28). The van der Waals surface area contributed by atoms with Gasteiger partial charge in [0.2, 0.25) is 11.6 Å². The SMILES string of the molecule is CCOc1ccc(-n2ccn3c(SCC(=O)NCc4ccccc4)nnc3c2=O)cc1. The summed E-state index contributed by atoms with van der Waals surface area (Å²) in [6.07, 6.45) is 3.38. The Bertz CT molecular complexity index is 1240. The first-order valence-corrected chi connectivity index (χ1v) is 10.8. The van der Waals surface area contributed by atoms with Gasteiger partial charge in [-0.15, -0.1) is 10.2 Å². The number of benzene rings is 2. The van der Waals surface area contributed by atoms with Crippen LogP contribution in [-0.2, 0) is 11.3 Å².